The van der Waals surface area contributed by atoms with Gasteiger partial charge in [0.1, 0.15) is 17.1 Å². The summed E-state index contributed by atoms with van der Waals surface area (Å²) in [5, 5.41) is 11.0. The number of aliphatic carboxylic acids is 1. The Kier molecular flexibility index (Phi) is 7.08. The van der Waals surface area contributed by atoms with Gasteiger partial charge < -0.3 is 23.7 Å². The van der Waals surface area contributed by atoms with Gasteiger partial charge >= 0.3 is 5.97 Å². The summed E-state index contributed by atoms with van der Waals surface area (Å²) in [7, 11) is 1.59. The third-order valence-electron chi connectivity index (χ3n) is 7.54. The van der Waals surface area contributed by atoms with Gasteiger partial charge in [0.25, 0.3) is 5.56 Å². The molecule has 0 fully saturated rings. The molecule has 0 aliphatic carbocycles. The van der Waals surface area contributed by atoms with E-state index in [2.05, 4.69) is 0 Å². The smallest absolute Gasteiger partial charge is 0.339 e. The van der Waals surface area contributed by atoms with Crippen LogP contribution in [0.4, 0.5) is 4.39 Å². The van der Waals surface area contributed by atoms with Gasteiger partial charge in [-0.3, -0.25) is 4.79 Å². The van der Waals surface area contributed by atoms with E-state index in [4.69, 9.17) is 9.47 Å². The molecule has 1 atom stereocenters. The predicted octanol–water partition coefficient (Wildman–Crippen LogP) is 6.08. The number of hydrogen-bond acceptors (Lipinski definition) is 4. The van der Waals surface area contributed by atoms with Crippen molar-refractivity contribution in [1.82, 2.24) is 9.13 Å². The molecule has 4 aromatic rings. The highest BCUT2D eigenvalue weighted by Gasteiger charge is 2.34. The van der Waals surface area contributed by atoms with Crippen molar-refractivity contribution >= 4 is 16.9 Å². The van der Waals surface area contributed by atoms with Crippen LogP contribution in [0.2, 0.25) is 0 Å². The zero-order valence-electron chi connectivity index (χ0n) is 23.8. The minimum atomic E-state index is -1.39. The van der Waals surface area contributed by atoms with Crippen molar-refractivity contribution in [2.45, 2.75) is 65.7 Å². The summed E-state index contributed by atoms with van der Waals surface area (Å²) >= 11 is 0. The van der Waals surface area contributed by atoms with E-state index < -0.39 is 17.7 Å². The average molecular weight is 547 g/mol. The maximum absolute atomic E-state index is 14.3. The first-order valence-electron chi connectivity index (χ1n) is 13.5. The third kappa shape index (κ3) is 4.92. The molecule has 1 aliphatic heterocycles. The summed E-state index contributed by atoms with van der Waals surface area (Å²) < 4.78 is 29.5. The highest BCUT2D eigenvalue weighted by Crippen LogP contribution is 2.42. The number of fused-ring (bicyclic) bond motifs is 2. The number of ether oxygens (including phenoxy) is 2. The molecule has 1 N–H and O–H groups in total. The first-order chi connectivity index (χ1) is 18.9. The number of hydrogen-bond donors (Lipinski definition) is 1. The standard InChI is InChI=1S/C32H35FN2O5/c1-18-9-10-20(16-24(18)33)17-35-14-13-23-26(22-11-12-25-21(19(22)2)8-7-15-39-25)28(34(6)30(36)27(23)35)29(31(37)38)40-32(3,4)5/h9-14,16,29H,7-8,15,17H2,1-6H3,(H,37,38). The van der Waals surface area contributed by atoms with Crippen LogP contribution in [0.15, 0.2) is 47.4 Å². The van der Waals surface area contributed by atoms with Crippen LogP contribution in [0, 0.1) is 19.7 Å². The highest BCUT2D eigenvalue weighted by atomic mass is 19.1. The number of aryl methyl sites for hydroxylation is 1. The molecule has 7 nitrogen and oxygen atoms in total. The summed E-state index contributed by atoms with van der Waals surface area (Å²) in [5.74, 6) is -0.658. The van der Waals surface area contributed by atoms with Crippen LogP contribution in [0.5, 0.6) is 5.75 Å². The van der Waals surface area contributed by atoms with E-state index in [0.29, 0.717) is 28.6 Å². The number of carbonyl (C=O) groups is 1. The summed E-state index contributed by atoms with van der Waals surface area (Å²) in [5.41, 5.74) is 4.33. The van der Waals surface area contributed by atoms with Crippen molar-refractivity contribution < 1.29 is 23.8 Å². The van der Waals surface area contributed by atoms with E-state index in [1.807, 2.05) is 31.2 Å². The van der Waals surface area contributed by atoms with Gasteiger partial charge in [0.2, 0.25) is 0 Å². The van der Waals surface area contributed by atoms with Gasteiger partial charge in [0.05, 0.1) is 17.9 Å². The number of rotatable bonds is 6. The molecule has 0 spiro atoms. The molecule has 210 valence electrons. The van der Waals surface area contributed by atoms with Gasteiger partial charge in [0.15, 0.2) is 6.10 Å². The summed E-state index contributed by atoms with van der Waals surface area (Å²) in [6, 6.07) is 10.7. The average Bonchev–Trinajstić information content (AvgIpc) is 3.30. The number of benzene rings is 2. The van der Waals surface area contributed by atoms with E-state index in [9.17, 15) is 19.1 Å². The van der Waals surface area contributed by atoms with Gasteiger partial charge in [-0.05, 0) is 93.5 Å². The number of carboxylic acids is 1. The first kappa shape index (κ1) is 27.6. The summed E-state index contributed by atoms with van der Waals surface area (Å²) in [6.45, 7) is 10.0. The minimum Gasteiger partial charge on any atom is -0.493 e. The number of pyridine rings is 1. The summed E-state index contributed by atoms with van der Waals surface area (Å²) in [6.07, 6.45) is 2.15. The lowest BCUT2D eigenvalue weighted by Crippen LogP contribution is -2.33. The van der Waals surface area contributed by atoms with Gasteiger partial charge in [-0.2, -0.15) is 0 Å². The molecule has 0 saturated heterocycles. The quantitative estimate of drug-likeness (QED) is 0.317. The zero-order chi connectivity index (χ0) is 28.9. The van der Waals surface area contributed by atoms with Crippen LogP contribution >= 0.6 is 0 Å². The number of carboxylic acid groups (broad SMARTS) is 1. The summed E-state index contributed by atoms with van der Waals surface area (Å²) in [4.78, 5) is 26.6. The molecule has 40 heavy (non-hydrogen) atoms. The number of halogens is 1. The molecular formula is C32H35FN2O5. The number of aromatic nitrogens is 2. The first-order valence-corrected chi connectivity index (χ1v) is 13.5. The van der Waals surface area contributed by atoms with E-state index in [1.165, 1.54) is 10.6 Å². The fraction of sp³-hybridized carbons (Fsp3) is 0.375. The van der Waals surface area contributed by atoms with E-state index in [-0.39, 0.29) is 23.6 Å². The normalized spacial score (nSPS) is 14.2. The predicted molar refractivity (Wildman–Crippen MR) is 153 cm³/mol. The van der Waals surface area contributed by atoms with Crippen molar-refractivity contribution in [3.63, 3.8) is 0 Å². The van der Waals surface area contributed by atoms with E-state index in [1.54, 1.807) is 51.6 Å². The Bertz CT molecular complexity index is 1690. The van der Waals surface area contributed by atoms with Crippen LogP contribution < -0.4 is 10.3 Å². The molecular weight excluding hydrogens is 511 g/mol. The molecule has 0 amide bonds. The second kappa shape index (κ2) is 10.2. The van der Waals surface area contributed by atoms with E-state index >= 15 is 0 Å². The Hall–Kier alpha value is -3.91. The Balaban J connectivity index is 1.82. The topological polar surface area (TPSA) is 82.7 Å². The zero-order valence-corrected chi connectivity index (χ0v) is 23.8. The molecule has 5 rings (SSSR count). The molecule has 0 bridgehead atoms. The fourth-order valence-electron chi connectivity index (χ4n) is 5.60. The van der Waals surface area contributed by atoms with Gasteiger partial charge in [-0.25, -0.2) is 9.18 Å². The lowest BCUT2D eigenvalue weighted by molar-refractivity contribution is -0.161. The SMILES string of the molecule is Cc1ccc(Cn2ccc3c(-c4ccc5c(c4C)CCCO5)c(C(OC(C)(C)C)C(=O)O)n(C)c(=O)c32)cc1F. The van der Waals surface area contributed by atoms with Crippen LogP contribution in [0.3, 0.4) is 0 Å². The van der Waals surface area contributed by atoms with Gasteiger partial charge in [-0.1, -0.05) is 18.2 Å². The molecule has 1 unspecified atom stereocenters. The lowest BCUT2D eigenvalue weighted by atomic mass is 9.89. The van der Waals surface area contributed by atoms with Crippen molar-refractivity contribution in [1.29, 1.82) is 0 Å². The largest absolute Gasteiger partial charge is 0.493 e. The Morgan fingerprint density at radius 1 is 1.18 bits per heavy atom. The van der Waals surface area contributed by atoms with Crippen molar-refractivity contribution in [2.75, 3.05) is 6.61 Å². The number of nitrogens with zero attached hydrogens (tertiary/aromatic N) is 2. The van der Waals surface area contributed by atoms with Gasteiger partial charge in [0, 0.05) is 30.7 Å². The second-order valence-corrected chi connectivity index (χ2v) is 11.5. The van der Waals surface area contributed by atoms with Crippen molar-refractivity contribution in [3.05, 3.63) is 86.7 Å². The highest BCUT2D eigenvalue weighted by molar-refractivity contribution is 5.99. The molecule has 3 heterocycles. The Morgan fingerprint density at radius 3 is 2.60 bits per heavy atom. The Morgan fingerprint density at radius 2 is 1.93 bits per heavy atom. The van der Waals surface area contributed by atoms with Crippen LogP contribution in [0.25, 0.3) is 22.0 Å². The minimum absolute atomic E-state index is 0.277. The van der Waals surface area contributed by atoms with Crippen LogP contribution in [-0.4, -0.2) is 32.4 Å². The fourth-order valence-corrected chi connectivity index (χ4v) is 5.60. The second-order valence-electron chi connectivity index (χ2n) is 11.5. The van der Waals surface area contributed by atoms with E-state index in [0.717, 1.165) is 40.8 Å². The monoisotopic (exact) mass is 546 g/mol. The Labute approximate surface area is 232 Å². The van der Waals surface area contributed by atoms with Crippen LogP contribution in [0.1, 0.15) is 61.2 Å². The third-order valence-corrected chi connectivity index (χ3v) is 7.54. The molecule has 2 aromatic carbocycles. The maximum Gasteiger partial charge on any atom is 0.339 e. The van der Waals surface area contributed by atoms with Crippen molar-refractivity contribution in [3.8, 4) is 16.9 Å². The molecule has 2 aromatic heterocycles. The maximum atomic E-state index is 14.3. The molecule has 8 heteroatoms. The van der Waals surface area contributed by atoms with Crippen LogP contribution in [-0.2, 0) is 29.5 Å². The van der Waals surface area contributed by atoms with Crippen molar-refractivity contribution in [2.24, 2.45) is 7.05 Å². The molecule has 1 aliphatic rings. The molecule has 0 radical (unpaired) electrons. The molecule has 0 saturated carbocycles. The lowest BCUT2D eigenvalue weighted by Gasteiger charge is -2.29. The van der Waals surface area contributed by atoms with Gasteiger partial charge in [-0.15, -0.1) is 0 Å².